The van der Waals surface area contributed by atoms with E-state index >= 15 is 0 Å². The van der Waals surface area contributed by atoms with Crippen LogP contribution in [0, 0.1) is 58.2 Å². The summed E-state index contributed by atoms with van der Waals surface area (Å²) < 4.78 is 40.8. The molecule has 6 aliphatic rings. The van der Waals surface area contributed by atoms with Gasteiger partial charge in [0.1, 0.15) is 34.2 Å². The predicted octanol–water partition coefficient (Wildman–Crippen LogP) is 12.3. The summed E-state index contributed by atoms with van der Waals surface area (Å²) in [6.07, 6.45) is 16.8. The van der Waals surface area contributed by atoms with E-state index in [0.717, 1.165) is 138 Å². The van der Waals surface area contributed by atoms with Crippen molar-refractivity contribution in [3.8, 4) is 46.7 Å². The number of hydrogen-bond donors (Lipinski definition) is 4. The highest BCUT2D eigenvalue weighted by molar-refractivity contribution is 5.45. The lowest BCUT2D eigenvalue weighted by molar-refractivity contribution is -0.0648. The van der Waals surface area contributed by atoms with Gasteiger partial charge in [0.15, 0.2) is 0 Å². The van der Waals surface area contributed by atoms with E-state index in [-0.39, 0.29) is 10.8 Å². The van der Waals surface area contributed by atoms with Crippen molar-refractivity contribution in [3.05, 3.63) is 118 Å². The van der Waals surface area contributed by atoms with Crippen LogP contribution in [0.4, 0.5) is 0 Å². The molecule has 0 heterocycles. The number of ether oxygens (including phenoxy) is 7. The zero-order valence-corrected chi connectivity index (χ0v) is 48.4. The molecule has 4 N–H and O–H groups in total. The molecule has 11 heteroatoms. The summed E-state index contributed by atoms with van der Waals surface area (Å²) >= 11 is 0. The van der Waals surface area contributed by atoms with Crippen molar-refractivity contribution in [1.82, 2.24) is 0 Å². The summed E-state index contributed by atoms with van der Waals surface area (Å²) in [5.41, 5.74) is 4.76. The first-order chi connectivity index (χ1) is 39.5. The van der Waals surface area contributed by atoms with Crippen LogP contribution in [0.15, 0.2) is 84.9 Å². The Hall–Kier alpha value is -5.08. The lowest BCUT2D eigenvalue weighted by Crippen LogP contribution is -2.50. The molecule has 81 heavy (non-hydrogen) atoms. The lowest BCUT2D eigenvalue weighted by Gasteiger charge is -2.52. The van der Waals surface area contributed by atoms with Crippen LogP contribution in [0.1, 0.15) is 162 Å². The molecule has 4 saturated carbocycles. The number of benzene rings is 4. The zero-order chi connectivity index (χ0) is 56.1. The quantitative estimate of drug-likeness (QED) is 0.0352. The van der Waals surface area contributed by atoms with Crippen molar-refractivity contribution in [1.29, 1.82) is 0 Å². The molecule has 0 aliphatic heterocycles. The Kier molecular flexibility index (Phi) is 20.1. The van der Waals surface area contributed by atoms with E-state index in [1.165, 1.54) is 22.3 Å². The highest BCUT2D eigenvalue weighted by Crippen LogP contribution is 2.66. The second-order valence-electron chi connectivity index (χ2n) is 24.7. The number of aromatic hydroxyl groups is 2. The van der Waals surface area contributed by atoms with Gasteiger partial charge in [-0.3, -0.25) is 0 Å². The van der Waals surface area contributed by atoms with Crippen molar-refractivity contribution in [2.24, 2.45) is 34.5 Å². The summed E-state index contributed by atoms with van der Waals surface area (Å²) in [5, 5.41) is 44.1. The van der Waals surface area contributed by atoms with E-state index in [1.807, 2.05) is 72.8 Å². The predicted molar refractivity (Wildman–Crippen MR) is 315 cm³/mol. The average Bonchev–Trinajstić information content (AvgIpc) is 3.62. The Morgan fingerprint density at radius 1 is 0.420 bits per heavy atom. The molecule has 0 bridgehead atoms. The Morgan fingerprint density at radius 2 is 0.765 bits per heavy atom. The van der Waals surface area contributed by atoms with Crippen LogP contribution in [0.5, 0.6) is 23.0 Å². The van der Waals surface area contributed by atoms with E-state index in [0.29, 0.717) is 126 Å². The number of fused-ring (bicyclic) bond motifs is 10. The number of phenols is 2. The van der Waals surface area contributed by atoms with Crippen LogP contribution in [0.3, 0.4) is 0 Å². The molecule has 10 rings (SSSR count). The second kappa shape index (κ2) is 27.5. The fourth-order valence-electron chi connectivity index (χ4n) is 15.5. The van der Waals surface area contributed by atoms with Gasteiger partial charge in [0.05, 0.1) is 13.2 Å². The van der Waals surface area contributed by atoms with Gasteiger partial charge in [0, 0.05) is 101 Å². The monoisotopic (exact) mass is 1110 g/mol. The molecule has 4 aromatic carbocycles. The van der Waals surface area contributed by atoms with Gasteiger partial charge >= 0.3 is 0 Å². The second-order valence-corrected chi connectivity index (χ2v) is 24.7. The van der Waals surface area contributed by atoms with E-state index < -0.39 is 11.2 Å². The standard InChI is InChI=1S/C70H90O11/c1-67-31-27-61-59-23-15-55(71)49-53(59)13-21-63(61)65(67)29-35-69(67,73)33-25-51-9-17-57(18-10-51)80-47-7-45-78-43-5-41-76-39-3-37-75-38-4-40-77-42-6-44-79-46-8-48-81-58-19-11-52(12-20-58)26-34-70(74)36-30-66-64-22-14-54-50-56(72)16-24-60(54)62(64)28-32-68(66,70)2/h9-12,15-20,23-24,49-50,61-66,71-74H,3-8,13-14,21-22,27-32,35-48H2,1-2H3/t61-,62-,63-,64-,65+,66+,67+,68+,69+,70+/m1/s1. The molecular weight excluding hydrogens is 1020 g/mol. The van der Waals surface area contributed by atoms with E-state index in [4.69, 9.17) is 33.2 Å². The Labute approximate surface area is 482 Å². The van der Waals surface area contributed by atoms with Gasteiger partial charge in [-0.2, -0.15) is 0 Å². The van der Waals surface area contributed by atoms with Crippen molar-refractivity contribution < 1.29 is 53.6 Å². The molecule has 0 radical (unpaired) electrons. The third kappa shape index (κ3) is 14.0. The summed E-state index contributed by atoms with van der Waals surface area (Å²) in [5.74, 6) is 18.7. The minimum Gasteiger partial charge on any atom is -0.508 e. The van der Waals surface area contributed by atoms with E-state index in [1.54, 1.807) is 0 Å². The van der Waals surface area contributed by atoms with Gasteiger partial charge in [-0.05, 0) is 233 Å². The number of aryl methyl sites for hydroxylation is 2. The molecule has 4 aromatic rings. The van der Waals surface area contributed by atoms with Crippen LogP contribution >= 0.6 is 0 Å². The number of phenolic OH excluding ortho intramolecular Hbond substituents is 2. The molecule has 4 fully saturated rings. The van der Waals surface area contributed by atoms with Crippen LogP contribution in [0.25, 0.3) is 0 Å². The Morgan fingerprint density at radius 3 is 1.12 bits per heavy atom. The Balaban J connectivity index is 0.482. The number of aliphatic hydroxyl groups is 2. The first-order valence-electron chi connectivity index (χ1n) is 30.9. The molecular formula is C70H90O11. The van der Waals surface area contributed by atoms with Crippen LogP contribution in [-0.4, -0.2) is 111 Å². The maximum absolute atomic E-state index is 12.0. The maximum atomic E-state index is 12.0. The molecule has 10 atom stereocenters. The third-order valence-corrected chi connectivity index (χ3v) is 20.0. The summed E-state index contributed by atoms with van der Waals surface area (Å²) in [7, 11) is 0. The summed E-state index contributed by atoms with van der Waals surface area (Å²) in [4.78, 5) is 0. The van der Waals surface area contributed by atoms with Crippen LogP contribution in [0.2, 0.25) is 0 Å². The van der Waals surface area contributed by atoms with Gasteiger partial charge in [-0.1, -0.05) is 49.7 Å². The third-order valence-electron chi connectivity index (χ3n) is 20.0. The van der Waals surface area contributed by atoms with Gasteiger partial charge in [-0.25, -0.2) is 0 Å². The maximum Gasteiger partial charge on any atom is 0.131 e. The largest absolute Gasteiger partial charge is 0.508 e. The highest BCUT2D eigenvalue weighted by atomic mass is 16.5. The van der Waals surface area contributed by atoms with Gasteiger partial charge in [0.25, 0.3) is 0 Å². The molecule has 0 unspecified atom stereocenters. The van der Waals surface area contributed by atoms with E-state index in [9.17, 15) is 20.4 Å². The molecule has 0 amide bonds. The summed E-state index contributed by atoms with van der Waals surface area (Å²) in [6, 6.07) is 27.6. The van der Waals surface area contributed by atoms with Crippen molar-refractivity contribution in [2.75, 3.05) is 79.3 Å². The van der Waals surface area contributed by atoms with Crippen molar-refractivity contribution in [3.63, 3.8) is 0 Å². The normalized spacial score (nSPS) is 28.6. The number of rotatable bonds is 26. The molecule has 436 valence electrons. The van der Waals surface area contributed by atoms with Gasteiger partial charge in [0.2, 0.25) is 0 Å². The van der Waals surface area contributed by atoms with Crippen LogP contribution in [-0.2, 0) is 36.5 Å². The van der Waals surface area contributed by atoms with Crippen molar-refractivity contribution >= 4 is 0 Å². The van der Waals surface area contributed by atoms with Gasteiger partial charge in [-0.15, -0.1) is 0 Å². The first-order valence-corrected chi connectivity index (χ1v) is 30.9. The van der Waals surface area contributed by atoms with E-state index in [2.05, 4.69) is 49.7 Å². The zero-order valence-electron chi connectivity index (χ0n) is 48.4. The lowest BCUT2D eigenvalue weighted by atomic mass is 9.53. The smallest absolute Gasteiger partial charge is 0.131 e. The number of hydrogen-bond acceptors (Lipinski definition) is 11. The minimum atomic E-state index is -0.993. The highest BCUT2D eigenvalue weighted by Gasteiger charge is 2.62. The Bertz CT molecular complexity index is 2600. The minimum absolute atomic E-state index is 0.219. The van der Waals surface area contributed by atoms with Gasteiger partial charge < -0.3 is 53.6 Å². The first kappa shape index (κ1) is 59.1. The fraction of sp³-hybridized carbons (Fsp3) is 0.600. The SMILES string of the molecule is C[C@]12CC[C@@H]3c4ccc(O)cc4CC[C@H]3[C@@H]1CC[C@@]2(O)C#Cc1ccc(OCCCOCCCOCCCOCCCOCCCOCCCOc2ccc(C#C[C@]3(O)CC[C@H]4[C@@H]5CCc6cc(O)ccc6[C@H]5CC[C@@]43C)cc2)cc1. The topological polar surface area (TPSA) is 146 Å². The molecule has 0 saturated heterocycles. The molecule has 0 aromatic heterocycles. The van der Waals surface area contributed by atoms with Crippen LogP contribution < -0.4 is 9.47 Å². The summed E-state index contributed by atoms with van der Waals surface area (Å²) in [6.45, 7) is 12.4. The average molecular weight is 1110 g/mol. The molecule has 0 spiro atoms. The molecule has 11 nitrogen and oxygen atoms in total. The molecule has 6 aliphatic carbocycles. The van der Waals surface area contributed by atoms with Crippen molar-refractivity contribution in [2.45, 2.75) is 152 Å². The fourth-order valence-corrected chi connectivity index (χ4v) is 15.5.